The molecule has 8 heteroatoms. The number of nitrogens with zero attached hydrogens (tertiary/aromatic N) is 3. The molecule has 2 aliphatic carbocycles. The Morgan fingerprint density at radius 2 is 1.38 bits per heavy atom. The summed E-state index contributed by atoms with van der Waals surface area (Å²) in [4.78, 5) is 50.4. The Bertz CT molecular complexity index is 1620. The second-order valence-corrected chi connectivity index (χ2v) is 10.4. The molecule has 0 saturated heterocycles. The molecular weight excluding hydrogens is 490 g/mol. The highest BCUT2D eigenvalue weighted by Gasteiger charge is 2.30. The van der Waals surface area contributed by atoms with Crippen LogP contribution in [0.1, 0.15) is 67.9 Å². The lowest BCUT2D eigenvalue weighted by Gasteiger charge is -2.30. The molecule has 196 valence electrons. The number of fused-ring (bicyclic) bond motifs is 3. The molecule has 39 heavy (non-hydrogen) atoms. The van der Waals surface area contributed by atoms with E-state index in [0.717, 1.165) is 42.4 Å². The number of carbonyl (C=O) groups is 3. The normalized spacial score (nSPS) is 18.3. The topological polar surface area (TPSA) is 104 Å². The number of nitrogens with one attached hydrogen (secondary N) is 2. The highest BCUT2D eigenvalue weighted by molar-refractivity contribution is 6.28. The maximum atomic E-state index is 13.1. The number of ketones is 2. The van der Waals surface area contributed by atoms with Crippen LogP contribution < -0.4 is 15.5 Å². The van der Waals surface area contributed by atoms with Crippen LogP contribution in [0, 0.1) is 0 Å². The van der Waals surface area contributed by atoms with Gasteiger partial charge in [0.15, 0.2) is 11.6 Å². The third kappa shape index (κ3) is 4.63. The second kappa shape index (κ2) is 9.94. The first-order chi connectivity index (χ1) is 18.9. The van der Waals surface area contributed by atoms with Gasteiger partial charge in [-0.2, -0.15) is 4.98 Å². The molecule has 0 spiro atoms. The van der Waals surface area contributed by atoms with Crippen LogP contribution in [0.5, 0.6) is 0 Å². The minimum atomic E-state index is -0.234. The zero-order valence-electron chi connectivity index (χ0n) is 21.9. The maximum absolute atomic E-state index is 13.1. The van der Waals surface area contributed by atoms with Crippen molar-refractivity contribution in [1.82, 2.24) is 15.3 Å². The molecule has 2 N–H and O–H groups in total. The first-order valence-electron chi connectivity index (χ1n) is 13.2. The fourth-order valence-corrected chi connectivity index (χ4v) is 5.54. The quantitative estimate of drug-likeness (QED) is 0.349. The van der Waals surface area contributed by atoms with Crippen molar-refractivity contribution in [2.45, 2.75) is 37.8 Å². The molecule has 1 fully saturated rings. The van der Waals surface area contributed by atoms with Crippen LogP contribution >= 0.6 is 0 Å². The Hall–Kier alpha value is -4.59. The molecule has 3 aromatic carbocycles. The summed E-state index contributed by atoms with van der Waals surface area (Å²) in [5.74, 6) is 0.833. The van der Waals surface area contributed by atoms with Crippen molar-refractivity contribution in [1.29, 1.82) is 0 Å². The molecule has 4 aromatic rings. The monoisotopic (exact) mass is 519 g/mol. The van der Waals surface area contributed by atoms with E-state index >= 15 is 0 Å². The fourth-order valence-electron chi connectivity index (χ4n) is 5.54. The molecule has 0 aliphatic heterocycles. The molecule has 1 saturated carbocycles. The lowest BCUT2D eigenvalue weighted by atomic mass is 9.83. The van der Waals surface area contributed by atoms with Gasteiger partial charge in [0.2, 0.25) is 5.95 Å². The first kappa shape index (κ1) is 24.7. The number of para-hydroxylation sites is 1. The van der Waals surface area contributed by atoms with E-state index in [2.05, 4.69) is 10.6 Å². The van der Waals surface area contributed by atoms with Gasteiger partial charge in [0.05, 0.1) is 5.52 Å². The standard InChI is InChI=1S/C31H29N5O3/c1-36(2)29-24-9-5-6-10-26(24)34-31(35-29)33-20-14-12-19(13-15-20)32-30(39)18-11-16-23-25(17-18)28(38)22-8-4-3-7-21(22)27(23)37/h3-11,16-17,19-20H,12-15H2,1-2H3,(H,32,39)(H,33,34,35). The highest BCUT2D eigenvalue weighted by Crippen LogP contribution is 2.29. The van der Waals surface area contributed by atoms with Crippen molar-refractivity contribution < 1.29 is 14.4 Å². The van der Waals surface area contributed by atoms with Crippen molar-refractivity contribution in [2.75, 3.05) is 24.3 Å². The number of hydrogen-bond donors (Lipinski definition) is 2. The molecule has 6 rings (SSSR count). The van der Waals surface area contributed by atoms with Crippen LogP contribution in [0.25, 0.3) is 10.9 Å². The minimum absolute atomic E-state index is 0.0273. The lowest BCUT2D eigenvalue weighted by molar-refractivity contribution is 0.0925. The van der Waals surface area contributed by atoms with Crippen LogP contribution in [0.15, 0.2) is 66.7 Å². The minimum Gasteiger partial charge on any atom is -0.362 e. The van der Waals surface area contributed by atoms with Crippen LogP contribution in [0.3, 0.4) is 0 Å². The average molecular weight is 520 g/mol. The van der Waals surface area contributed by atoms with Gasteiger partial charge in [-0.05, 0) is 56.0 Å². The third-order valence-electron chi connectivity index (χ3n) is 7.59. The Morgan fingerprint density at radius 3 is 2.10 bits per heavy atom. The SMILES string of the molecule is CN(C)c1nc(NC2CCC(NC(=O)c3ccc4c(c3)C(=O)c3ccccc3C4=O)CC2)nc2ccccc12. The molecule has 8 nitrogen and oxygen atoms in total. The van der Waals surface area contributed by atoms with Crippen molar-refractivity contribution >= 4 is 40.1 Å². The second-order valence-electron chi connectivity index (χ2n) is 10.4. The molecule has 0 unspecified atom stereocenters. The van der Waals surface area contributed by atoms with Crippen LogP contribution in [0.4, 0.5) is 11.8 Å². The Labute approximate surface area is 226 Å². The number of rotatable bonds is 5. The summed E-state index contributed by atoms with van der Waals surface area (Å²) >= 11 is 0. The Kier molecular flexibility index (Phi) is 6.30. The van der Waals surface area contributed by atoms with Gasteiger partial charge in [-0.25, -0.2) is 4.98 Å². The molecule has 0 bridgehead atoms. The van der Waals surface area contributed by atoms with Crippen molar-refractivity contribution in [3.63, 3.8) is 0 Å². The summed E-state index contributed by atoms with van der Waals surface area (Å²) in [6, 6.07) is 19.8. The van der Waals surface area contributed by atoms with E-state index < -0.39 is 0 Å². The largest absolute Gasteiger partial charge is 0.362 e. The summed E-state index contributed by atoms with van der Waals surface area (Å²) in [5, 5.41) is 7.62. The smallest absolute Gasteiger partial charge is 0.251 e. The van der Waals surface area contributed by atoms with E-state index in [-0.39, 0.29) is 35.1 Å². The molecule has 2 aliphatic rings. The summed E-state index contributed by atoms with van der Waals surface area (Å²) in [6.07, 6.45) is 3.36. The van der Waals surface area contributed by atoms with Gasteiger partial charge in [0.25, 0.3) is 5.91 Å². The molecule has 1 amide bonds. The van der Waals surface area contributed by atoms with E-state index in [1.807, 2.05) is 43.3 Å². The number of carbonyl (C=O) groups excluding carboxylic acids is 3. The van der Waals surface area contributed by atoms with E-state index in [4.69, 9.17) is 9.97 Å². The number of hydrogen-bond acceptors (Lipinski definition) is 7. The van der Waals surface area contributed by atoms with Crippen molar-refractivity contribution in [2.24, 2.45) is 0 Å². The summed E-state index contributed by atoms with van der Waals surface area (Å²) in [6.45, 7) is 0. The predicted octanol–water partition coefficient (Wildman–Crippen LogP) is 4.62. The highest BCUT2D eigenvalue weighted by atomic mass is 16.2. The number of amides is 1. The summed E-state index contributed by atoms with van der Waals surface area (Å²) in [5.41, 5.74) is 2.70. The Balaban J connectivity index is 1.10. The lowest BCUT2D eigenvalue weighted by Crippen LogP contribution is -2.40. The number of benzene rings is 3. The van der Waals surface area contributed by atoms with Gasteiger partial charge in [-0.3, -0.25) is 14.4 Å². The molecular formula is C31H29N5O3. The third-order valence-corrected chi connectivity index (χ3v) is 7.59. The maximum Gasteiger partial charge on any atom is 0.251 e. The van der Waals surface area contributed by atoms with Crippen LogP contribution in [-0.2, 0) is 0 Å². The number of aromatic nitrogens is 2. The van der Waals surface area contributed by atoms with Crippen LogP contribution in [-0.4, -0.2) is 53.6 Å². The fraction of sp³-hybridized carbons (Fsp3) is 0.258. The predicted molar refractivity (Wildman–Crippen MR) is 151 cm³/mol. The van der Waals surface area contributed by atoms with E-state index in [0.29, 0.717) is 28.2 Å². The van der Waals surface area contributed by atoms with E-state index in [1.165, 1.54) is 0 Å². The van der Waals surface area contributed by atoms with Crippen LogP contribution in [0.2, 0.25) is 0 Å². The summed E-state index contributed by atoms with van der Waals surface area (Å²) in [7, 11) is 3.95. The first-order valence-corrected chi connectivity index (χ1v) is 13.2. The Morgan fingerprint density at radius 1 is 0.769 bits per heavy atom. The number of anilines is 2. The molecule has 1 heterocycles. The van der Waals surface area contributed by atoms with Crippen molar-refractivity contribution in [3.8, 4) is 0 Å². The van der Waals surface area contributed by atoms with Crippen molar-refractivity contribution in [3.05, 3.63) is 94.5 Å². The van der Waals surface area contributed by atoms with Gasteiger partial charge >= 0.3 is 0 Å². The molecule has 1 aromatic heterocycles. The molecule has 0 atom stereocenters. The van der Waals surface area contributed by atoms with Gasteiger partial charge < -0.3 is 15.5 Å². The average Bonchev–Trinajstić information content (AvgIpc) is 2.96. The van der Waals surface area contributed by atoms with Gasteiger partial charge in [0, 0.05) is 59.4 Å². The van der Waals surface area contributed by atoms with E-state index in [1.54, 1.807) is 42.5 Å². The molecule has 0 radical (unpaired) electrons. The zero-order chi connectivity index (χ0) is 27.1. The van der Waals surface area contributed by atoms with Gasteiger partial charge in [-0.1, -0.05) is 36.4 Å². The van der Waals surface area contributed by atoms with Gasteiger partial charge in [-0.15, -0.1) is 0 Å². The zero-order valence-corrected chi connectivity index (χ0v) is 21.9. The van der Waals surface area contributed by atoms with E-state index in [9.17, 15) is 14.4 Å². The van der Waals surface area contributed by atoms with Gasteiger partial charge in [0.1, 0.15) is 5.82 Å². The summed E-state index contributed by atoms with van der Waals surface area (Å²) < 4.78 is 0.